The van der Waals surface area contributed by atoms with Crippen molar-refractivity contribution in [3.05, 3.63) is 0 Å². The number of ether oxygens (including phenoxy) is 1. The van der Waals surface area contributed by atoms with Crippen LogP contribution in [0.3, 0.4) is 0 Å². The summed E-state index contributed by atoms with van der Waals surface area (Å²) in [7, 11) is 0. The Morgan fingerprint density at radius 3 is 2.38 bits per heavy atom. The lowest BCUT2D eigenvalue weighted by atomic mass is 9.74. The van der Waals surface area contributed by atoms with Crippen LogP contribution in [0.15, 0.2) is 0 Å². The highest BCUT2D eigenvalue weighted by Gasteiger charge is 2.58. The molecule has 2 saturated heterocycles. The zero-order chi connectivity index (χ0) is 9.85. The first-order chi connectivity index (χ1) is 5.87. The van der Waals surface area contributed by atoms with Gasteiger partial charge in [0, 0.05) is 5.41 Å². The number of hydrogen-bond acceptors (Lipinski definition) is 2. The van der Waals surface area contributed by atoms with Gasteiger partial charge in [-0.1, -0.05) is 13.8 Å². The van der Waals surface area contributed by atoms with Crippen LogP contribution in [-0.4, -0.2) is 28.3 Å². The molecule has 4 unspecified atom stereocenters. The van der Waals surface area contributed by atoms with E-state index in [4.69, 9.17) is 16.3 Å². The second-order valence-electron chi connectivity index (χ2n) is 5.07. The maximum atomic E-state index is 10.1. The van der Waals surface area contributed by atoms with E-state index in [1.807, 2.05) is 20.8 Å². The monoisotopic (exact) mass is 204 g/mol. The Kier molecular flexibility index (Phi) is 1.96. The molecule has 3 heteroatoms. The van der Waals surface area contributed by atoms with Gasteiger partial charge in [0.25, 0.3) is 0 Å². The smallest absolute Gasteiger partial charge is 0.0943 e. The van der Waals surface area contributed by atoms with Crippen molar-refractivity contribution in [1.82, 2.24) is 0 Å². The van der Waals surface area contributed by atoms with Gasteiger partial charge in [0.05, 0.1) is 23.2 Å². The van der Waals surface area contributed by atoms with Gasteiger partial charge in [-0.25, -0.2) is 0 Å². The number of halogens is 1. The topological polar surface area (TPSA) is 29.5 Å². The van der Waals surface area contributed by atoms with Crippen LogP contribution in [-0.2, 0) is 4.74 Å². The summed E-state index contributed by atoms with van der Waals surface area (Å²) in [5.41, 5.74) is -0.219. The van der Waals surface area contributed by atoms with Crippen molar-refractivity contribution in [3.63, 3.8) is 0 Å². The molecule has 4 atom stereocenters. The second-order valence-corrected chi connectivity index (χ2v) is 5.88. The summed E-state index contributed by atoms with van der Waals surface area (Å²) in [6.07, 6.45) is 1.73. The third kappa shape index (κ3) is 1.15. The molecule has 0 aliphatic carbocycles. The van der Waals surface area contributed by atoms with E-state index in [1.54, 1.807) is 0 Å². The maximum Gasteiger partial charge on any atom is 0.0943 e. The number of hydrogen-bond donors (Lipinski definition) is 1. The number of alkyl halides is 1. The van der Waals surface area contributed by atoms with E-state index in [-0.39, 0.29) is 17.6 Å². The van der Waals surface area contributed by atoms with Crippen molar-refractivity contribution in [2.45, 2.75) is 56.8 Å². The molecule has 0 saturated carbocycles. The molecule has 2 heterocycles. The number of aliphatic hydroxyl groups excluding tert-OH is 1. The van der Waals surface area contributed by atoms with Gasteiger partial charge in [0.2, 0.25) is 0 Å². The van der Waals surface area contributed by atoms with Crippen LogP contribution in [0.25, 0.3) is 0 Å². The van der Waals surface area contributed by atoms with E-state index in [1.165, 1.54) is 0 Å². The quantitative estimate of drug-likeness (QED) is 0.611. The SMILES string of the molecule is CC1(C)C2CCC(O2)C(C)(Cl)C1O. The number of rotatable bonds is 0. The van der Waals surface area contributed by atoms with Crippen molar-refractivity contribution in [2.24, 2.45) is 5.41 Å². The molecule has 2 aliphatic heterocycles. The fraction of sp³-hybridized carbons (Fsp3) is 1.00. The minimum absolute atomic E-state index is 0.0298. The third-order valence-electron chi connectivity index (χ3n) is 3.72. The summed E-state index contributed by atoms with van der Waals surface area (Å²) in [6.45, 7) is 5.95. The Balaban J connectivity index is 2.36. The fourth-order valence-electron chi connectivity index (χ4n) is 2.68. The summed E-state index contributed by atoms with van der Waals surface area (Å²) in [5.74, 6) is 0. The molecule has 0 amide bonds. The summed E-state index contributed by atoms with van der Waals surface area (Å²) >= 11 is 6.32. The Bertz CT molecular complexity index is 203. The molecule has 76 valence electrons. The molecule has 0 radical (unpaired) electrons. The van der Waals surface area contributed by atoms with Crippen LogP contribution < -0.4 is 0 Å². The minimum atomic E-state index is -0.615. The zero-order valence-electron chi connectivity index (χ0n) is 8.38. The molecule has 0 aromatic heterocycles. The Hall–Kier alpha value is 0.210. The molecule has 0 aromatic carbocycles. The lowest BCUT2D eigenvalue weighted by Crippen LogP contribution is -2.59. The average Bonchev–Trinajstić information content (AvgIpc) is 2.48. The van der Waals surface area contributed by atoms with E-state index >= 15 is 0 Å². The Morgan fingerprint density at radius 1 is 1.23 bits per heavy atom. The first-order valence-electron chi connectivity index (χ1n) is 4.89. The van der Waals surface area contributed by atoms with Crippen molar-refractivity contribution in [1.29, 1.82) is 0 Å². The molecule has 13 heavy (non-hydrogen) atoms. The molecule has 0 spiro atoms. The van der Waals surface area contributed by atoms with Crippen LogP contribution in [0.4, 0.5) is 0 Å². The van der Waals surface area contributed by atoms with E-state index in [9.17, 15) is 5.11 Å². The molecule has 2 rings (SSSR count). The van der Waals surface area contributed by atoms with Gasteiger partial charge in [0.1, 0.15) is 0 Å². The number of fused-ring (bicyclic) bond motifs is 2. The Labute approximate surface area is 84.2 Å². The molecule has 2 aliphatic rings. The molecular formula is C10H17ClO2. The predicted octanol–water partition coefficient (Wildman–Crippen LogP) is 1.93. The van der Waals surface area contributed by atoms with Gasteiger partial charge in [-0.15, -0.1) is 11.6 Å². The van der Waals surface area contributed by atoms with E-state index in [0.29, 0.717) is 0 Å². The maximum absolute atomic E-state index is 10.1. The van der Waals surface area contributed by atoms with Crippen LogP contribution in [0.1, 0.15) is 33.6 Å². The Morgan fingerprint density at radius 2 is 1.77 bits per heavy atom. The van der Waals surface area contributed by atoms with Gasteiger partial charge >= 0.3 is 0 Å². The summed E-state index contributed by atoms with van der Waals surface area (Å²) in [6, 6.07) is 0. The van der Waals surface area contributed by atoms with Gasteiger partial charge in [-0.3, -0.25) is 0 Å². The summed E-state index contributed by atoms with van der Waals surface area (Å²) in [4.78, 5) is -0.615. The summed E-state index contributed by atoms with van der Waals surface area (Å²) < 4.78 is 5.81. The van der Waals surface area contributed by atoms with Crippen molar-refractivity contribution in [2.75, 3.05) is 0 Å². The molecule has 2 fully saturated rings. The number of aliphatic hydroxyl groups is 1. The predicted molar refractivity (Wildman–Crippen MR) is 51.9 cm³/mol. The minimum Gasteiger partial charge on any atom is -0.391 e. The van der Waals surface area contributed by atoms with Crippen LogP contribution in [0, 0.1) is 5.41 Å². The average molecular weight is 205 g/mol. The zero-order valence-corrected chi connectivity index (χ0v) is 9.14. The highest BCUT2D eigenvalue weighted by Crippen LogP contribution is 2.51. The molecular weight excluding hydrogens is 188 g/mol. The van der Waals surface area contributed by atoms with E-state index < -0.39 is 11.0 Å². The van der Waals surface area contributed by atoms with Gasteiger partial charge in [-0.2, -0.15) is 0 Å². The summed E-state index contributed by atoms with van der Waals surface area (Å²) in [5, 5.41) is 10.1. The fourth-order valence-corrected chi connectivity index (χ4v) is 3.12. The van der Waals surface area contributed by atoms with Crippen LogP contribution in [0.2, 0.25) is 0 Å². The van der Waals surface area contributed by atoms with Crippen LogP contribution >= 0.6 is 11.6 Å². The molecule has 2 nitrogen and oxygen atoms in total. The second kappa shape index (κ2) is 2.62. The first kappa shape index (κ1) is 9.75. The first-order valence-corrected chi connectivity index (χ1v) is 5.27. The van der Waals surface area contributed by atoms with Crippen molar-refractivity contribution >= 4 is 11.6 Å². The van der Waals surface area contributed by atoms with Crippen LogP contribution in [0.5, 0.6) is 0 Å². The standard InChI is InChI=1S/C10H17ClO2/c1-9(2)6-4-5-7(13-6)10(3,11)8(9)12/h6-8,12H,4-5H2,1-3H3. The highest BCUT2D eigenvalue weighted by atomic mass is 35.5. The molecule has 1 N–H and O–H groups in total. The van der Waals surface area contributed by atoms with E-state index in [0.717, 1.165) is 12.8 Å². The van der Waals surface area contributed by atoms with Crippen molar-refractivity contribution in [3.8, 4) is 0 Å². The largest absolute Gasteiger partial charge is 0.391 e. The third-order valence-corrected chi connectivity index (χ3v) is 4.17. The highest BCUT2D eigenvalue weighted by molar-refractivity contribution is 6.24. The van der Waals surface area contributed by atoms with Gasteiger partial charge in [-0.05, 0) is 19.8 Å². The lowest BCUT2D eigenvalue weighted by Gasteiger charge is -2.48. The van der Waals surface area contributed by atoms with Gasteiger partial charge < -0.3 is 9.84 Å². The lowest BCUT2D eigenvalue weighted by molar-refractivity contribution is -0.158. The van der Waals surface area contributed by atoms with E-state index in [2.05, 4.69) is 0 Å². The van der Waals surface area contributed by atoms with Gasteiger partial charge in [0.15, 0.2) is 0 Å². The van der Waals surface area contributed by atoms with Crippen molar-refractivity contribution < 1.29 is 9.84 Å². The molecule has 2 bridgehead atoms. The normalized spacial score (nSPS) is 53.8. The molecule has 0 aromatic rings.